The van der Waals surface area contributed by atoms with Gasteiger partial charge in [0.1, 0.15) is 0 Å². The van der Waals surface area contributed by atoms with Crippen molar-refractivity contribution in [1.82, 2.24) is 0 Å². The van der Waals surface area contributed by atoms with Gasteiger partial charge >= 0.3 is 0 Å². The zero-order chi connectivity index (χ0) is 14.7. The van der Waals surface area contributed by atoms with Gasteiger partial charge in [-0.1, -0.05) is 53.7 Å². The van der Waals surface area contributed by atoms with Crippen molar-refractivity contribution in [1.29, 1.82) is 0 Å². The lowest BCUT2D eigenvalue weighted by Gasteiger charge is -2.06. The largest absolute Gasteiger partial charge is 0.335 e. The summed E-state index contributed by atoms with van der Waals surface area (Å²) >= 11 is 11.3. The minimum Gasteiger partial charge on any atom is -0.335 e. The van der Waals surface area contributed by atoms with Crippen LogP contribution in [0.15, 0.2) is 58.0 Å². The molecule has 5 heteroatoms. The van der Waals surface area contributed by atoms with Crippen LogP contribution in [0.4, 0.5) is 5.69 Å². The predicted molar refractivity (Wildman–Crippen MR) is 96.6 cm³/mol. The fraction of sp³-hybridized carbons (Fsp3) is 0.188. The summed E-state index contributed by atoms with van der Waals surface area (Å²) in [5.41, 5.74) is 2.30. The molecule has 1 aliphatic heterocycles. The zero-order valence-electron chi connectivity index (χ0n) is 11.2. The molecule has 2 aromatic carbocycles. The number of thioether (sulfide) groups is 1. The van der Waals surface area contributed by atoms with Crippen molar-refractivity contribution in [2.45, 2.75) is 12.5 Å². The predicted octanol–water partition coefficient (Wildman–Crippen LogP) is 5.23. The molecule has 0 aromatic heterocycles. The van der Waals surface area contributed by atoms with Crippen LogP contribution in [0.3, 0.4) is 0 Å². The fourth-order valence-corrected chi connectivity index (χ4v) is 3.56. The van der Waals surface area contributed by atoms with E-state index < -0.39 is 0 Å². The van der Waals surface area contributed by atoms with Crippen molar-refractivity contribution in [2.24, 2.45) is 4.99 Å². The molecule has 1 atom stereocenters. The van der Waals surface area contributed by atoms with E-state index in [4.69, 9.17) is 16.6 Å². The third kappa shape index (κ3) is 4.02. The SMILES string of the molecule is Clc1cc(NC2=NC(Cc3ccccc3)CS2)ccc1Br. The Hall–Kier alpha value is -0.970. The molecule has 2 aromatic rings. The van der Waals surface area contributed by atoms with Gasteiger partial charge in [0.25, 0.3) is 0 Å². The minimum absolute atomic E-state index is 0.339. The van der Waals surface area contributed by atoms with E-state index in [0.717, 1.165) is 27.5 Å². The third-order valence-corrected chi connectivity index (χ3v) is 5.46. The molecule has 1 aliphatic rings. The number of hydrogen-bond donors (Lipinski definition) is 1. The lowest BCUT2D eigenvalue weighted by atomic mass is 10.1. The van der Waals surface area contributed by atoms with E-state index in [9.17, 15) is 0 Å². The number of nitrogens with one attached hydrogen (secondary N) is 1. The standard InChI is InChI=1S/C16H14BrClN2S/c17-14-7-6-12(9-15(14)18)19-16-20-13(10-21-16)8-11-4-2-1-3-5-11/h1-7,9,13H,8,10H2,(H,19,20). The summed E-state index contributed by atoms with van der Waals surface area (Å²) < 4.78 is 0.901. The monoisotopic (exact) mass is 380 g/mol. The Bertz CT molecular complexity index is 661. The van der Waals surface area contributed by atoms with Crippen molar-refractivity contribution in [3.05, 3.63) is 63.6 Å². The van der Waals surface area contributed by atoms with Crippen LogP contribution in [0.2, 0.25) is 5.02 Å². The molecular weight excluding hydrogens is 368 g/mol. The van der Waals surface area contributed by atoms with Gasteiger partial charge in [-0.25, -0.2) is 0 Å². The van der Waals surface area contributed by atoms with Crippen LogP contribution in [-0.4, -0.2) is 17.0 Å². The first kappa shape index (κ1) is 14.9. The molecule has 21 heavy (non-hydrogen) atoms. The van der Waals surface area contributed by atoms with E-state index in [1.807, 2.05) is 24.3 Å². The van der Waals surface area contributed by atoms with Gasteiger partial charge in [-0.2, -0.15) is 0 Å². The molecule has 108 valence electrons. The number of halogens is 2. The van der Waals surface area contributed by atoms with Gasteiger partial charge in [-0.3, -0.25) is 4.99 Å². The Morgan fingerprint density at radius 1 is 1.24 bits per heavy atom. The van der Waals surface area contributed by atoms with E-state index >= 15 is 0 Å². The molecule has 0 fully saturated rings. The first-order chi connectivity index (χ1) is 10.2. The summed E-state index contributed by atoms with van der Waals surface area (Å²) in [6.45, 7) is 0. The summed E-state index contributed by atoms with van der Waals surface area (Å²) in [6, 6.07) is 16.7. The second-order valence-corrected chi connectivity index (χ2v) is 7.11. The van der Waals surface area contributed by atoms with Crippen molar-refractivity contribution in [3.63, 3.8) is 0 Å². The molecule has 0 aliphatic carbocycles. The summed E-state index contributed by atoms with van der Waals surface area (Å²) in [5.74, 6) is 1.02. The molecule has 1 heterocycles. The molecule has 0 saturated carbocycles. The Kier molecular flexibility index (Phi) is 4.88. The second kappa shape index (κ2) is 6.86. The highest BCUT2D eigenvalue weighted by atomic mass is 79.9. The van der Waals surface area contributed by atoms with Gasteiger partial charge in [0, 0.05) is 15.9 Å². The van der Waals surface area contributed by atoms with Crippen molar-refractivity contribution in [3.8, 4) is 0 Å². The minimum atomic E-state index is 0.339. The van der Waals surface area contributed by atoms with Crippen molar-refractivity contribution < 1.29 is 0 Å². The van der Waals surface area contributed by atoms with Gasteiger partial charge in [0.2, 0.25) is 0 Å². The van der Waals surface area contributed by atoms with Gasteiger partial charge in [0.15, 0.2) is 5.17 Å². The summed E-state index contributed by atoms with van der Waals surface area (Å²) in [4.78, 5) is 4.74. The van der Waals surface area contributed by atoms with Crippen LogP contribution in [0, 0.1) is 0 Å². The van der Waals surface area contributed by atoms with Crippen LogP contribution in [-0.2, 0) is 6.42 Å². The topological polar surface area (TPSA) is 24.4 Å². The van der Waals surface area contributed by atoms with Gasteiger partial charge in [0.05, 0.1) is 11.1 Å². The van der Waals surface area contributed by atoms with Gasteiger partial charge < -0.3 is 5.32 Å². The van der Waals surface area contributed by atoms with E-state index in [1.54, 1.807) is 11.8 Å². The molecule has 3 rings (SSSR count). The summed E-state index contributed by atoms with van der Waals surface area (Å²) in [6.07, 6.45) is 0.986. The smallest absolute Gasteiger partial charge is 0.161 e. The molecule has 0 radical (unpaired) electrons. The Labute approximate surface area is 142 Å². The molecule has 0 spiro atoms. The average molecular weight is 382 g/mol. The number of anilines is 1. The average Bonchev–Trinajstić information content (AvgIpc) is 2.91. The highest BCUT2D eigenvalue weighted by molar-refractivity contribution is 9.10. The zero-order valence-corrected chi connectivity index (χ0v) is 14.4. The normalized spacial score (nSPS) is 17.6. The second-order valence-electron chi connectivity index (χ2n) is 4.84. The molecule has 1 unspecified atom stereocenters. The van der Waals surface area contributed by atoms with Crippen LogP contribution < -0.4 is 5.32 Å². The first-order valence-corrected chi connectivity index (χ1v) is 8.83. The lowest BCUT2D eigenvalue weighted by molar-refractivity contribution is 0.762. The van der Waals surface area contributed by atoms with Gasteiger partial charge in [-0.15, -0.1) is 0 Å². The van der Waals surface area contributed by atoms with E-state index in [0.29, 0.717) is 11.1 Å². The fourth-order valence-electron chi connectivity index (χ4n) is 2.17. The molecule has 1 N–H and O–H groups in total. The van der Waals surface area contributed by atoms with E-state index in [2.05, 4.69) is 45.5 Å². The van der Waals surface area contributed by atoms with Crippen LogP contribution in [0.25, 0.3) is 0 Å². The molecule has 0 saturated heterocycles. The van der Waals surface area contributed by atoms with Crippen LogP contribution in [0.1, 0.15) is 5.56 Å². The number of benzene rings is 2. The maximum atomic E-state index is 6.10. The van der Waals surface area contributed by atoms with Crippen LogP contribution in [0.5, 0.6) is 0 Å². The Morgan fingerprint density at radius 3 is 2.81 bits per heavy atom. The van der Waals surface area contributed by atoms with Crippen molar-refractivity contribution >= 4 is 50.1 Å². The van der Waals surface area contributed by atoms with E-state index in [-0.39, 0.29) is 0 Å². The Balaban J connectivity index is 1.64. The number of hydrogen-bond acceptors (Lipinski definition) is 3. The summed E-state index contributed by atoms with van der Waals surface area (Å²) in [5, 5.41) is 5.00. The van der Waals surface area contributed by atoms with Crippen LogP contribution >= 0.6 is 39.3 Å². The maximum Gasteiger partial charge on any atom is 0.161 e. The molecule has 0 bridgehead atoms. The summed E-state index contributed by atoms with van der Waals surface area (Å²) in [7, 11) is 0. The quantitative estimate of drug-likeness (QED) is 0.787. The third-order valence-electron chi connectivity index (χ3n) is 3.20. The Morgan fingerprint density at radius 2 is 2.05 bits per heavy atom. The number of amidine groups is 1. The molecular formula is C16H14BrClN2S. The number of nitrogens with zero attached hydrogens (tertiary/aromatic N) is 1. The lowest BCUT2D eigenvalue weighted by Crippen LogP contribution is -2.08. The maximum absolute atomic E-state index is 6.10. The van der Waals surface area contributed by atoms with Gasteiger partial charge in [-0.05, 0) is 46.1 Å². The highest BCUT2D eigenvalue weighted by Gasteiger charge is 2.18. The molecule has 0 amide bonds. The van der Waals surface area contributed by atoms with Crippen molar-refractivity contribution in [2.75, 3.05) is 11.1 Å². The first-order valence-electron chi connectivity index (χ1n) is 6.67. The highest BCUT2D eigenvalue weighted by Crippen LogP contribution is 2.27. The number of aliphatic imine (C=N–C) groups is 1. The van der Waals surface area contributed by atoms with E-state index in [1.165, 1.54) is 5.56 Å². The molecule has 2 nitrogen and oxygen atoms in total. The number of rotatable bonds is 3.